The van der Waals surface area contributed by atoms with Gasteiger partial charge in [-0.2, -0.15) is 0 Å². The Morgan fingerprint density at radius 2 is 1.89 bits per heavy atom. The number of nitrogens with two attached hydrogens (primary N) is 1. The lowest BCUT2D eigenvalue weighted by Gasteiger charge is -2.17. The van der Waals surface area contributed by atoms with Gasteiger partial charge in [0.15, 0.2) is 0 Å². The monoisotopic (exact) mass is 262 g/mol. The quantitative estimate of drug-likeness (QED) is 0.692. The first-order valence-electron chi connectivity index (χ1n) is 7.32. The Kier molecular flexibility index (Phi) is 5.83. The first-order chi connectivity index (χ1) is 9.28. The maximum absolute atomic E-state index is 5.66. The zero-order valence-electron chi connectivity index (χ0n) is 12.0. The first kappa shape index (κ1) is 14.5. The highest BCUT2D eigenvalue weighted by Crippen LogP contribution is 2.28. The molecule has 0 aromatic heterocycles. The summed E-state index contributed by atoms with van der Waals surface area (Å²) in [5, 5.41) is 0. The van der Waals surface area contributed by atoms with Gasteiger partial charge in [-0.3, -0.25) is 4.90 Å². The molecule has 0 unspecified atom stereocenters. The van der Waals surface area contributed by atoms with Gasteiger partial charge in [0.25, 0.3) is 0 Å². The van der Waals surface area contributed by atoms with Crippen molar-refractivity contribution < 1.29 is 4.74 Å². The van der Waals surface area contributed by atoms with Crippen LogP contribution in [0.5, 0.6) is 0 Å². The average molecular weight is 262 g/mol. The predicted molar refractivity (Wildman–Crippen MR) is 79.1 cm³/mol. The van der Waals surface area contributed by atoms with Crippen LogP contribution in [-0.2, 0) is 17.7 Å². The molecule has 3 heteroatoms. The number of benzene rings is 1. The average Bonchev–Trinajstić information content (AvgIpc) is 3.22. The van der Waals surface area contributed by atoms with Crippen LogP contribution in [0.25, 0.3) is 0 Å². The molecular formula is C16H26N2O. The second kappa shape index (κ2) is 7.63. The molecule has 0 atom stereocenters. The summed E-state index contributed by atoms with van der Waals surface area (Å²) in [4.78, 5) is 2.31. The van der Waals surface area contributed by atoms with Gasteiger partial charge in [-0.15, -0.1) is 0 Å². The Balaban J connectivity index is 1.63. The molecule has 0 aliphatic heterocycles. The highest BCUT2D eigenvalue weighted by molar-refractivity contribution is 5.22. The Morgan fingerprint density at radius 3 is 2.53 bits per heavy atom. The summed E-state index contributed by atoms with van der Waals surface area (Å²) in [6, 6.07) is 8.76. The van der Waals surface area contributed by atoms with Crippen molar-refractivity contribution in [2.75, 3.05) is 33.4 Å². The molecule has 0 heterocycles. The molecule has 2 N–H and O–H groups in total. The normalized spacial score (nSPS) is 15.1. The molecule has 1 fully saturated rings. The van der Waals surface area contributed by atoms with Crippen molar-refractivity contribution in [3.05, 3.63) is 35.4 Å². The minimum absolute atomic E-state index is 0.720. The standard InChI is InChI=1S/C16H26N2O/c1-18(10-11-19-13-16-6-7-16)12-15-4-2-14(3-5-15)8-9-17/h2-5,16H,6-13,17H2,1H3. The lowest BCUT2D eigenvalue weighted by molar-refractivity contribution is 0.102. The summed E-state index contributed by atoms with van der Waals surface area (Å²) in [5.41, 5.74) is 8.22. The third-order valence-corrected chi connectivity index (χ3v) is 3.58. The lowest BCUT2D eigenvalue weighted by Crippen LogP contribution is -2.23. The van der Waals surface area contributed by atoms with Crippen LogP contribution in [0, 0.1) is 5.92 Å². The smallest absolute Gasteiger partial charge is 0.0593 e. The number of likely N-dealkylation sites (N-methyl/N-ethyl adjacent to an activating group) is 1. The van der Waals surface area contributed by atoms with Crippen LogP contribution in [0.3, 0.4) is 0 Å². The number of rotatable bonds is 9. The minimum atomic E-state index is 0.720. The van der Waals surface area contributed by atoms with Gasteiger partial charge in [-0.25, -0.2) is 0 Å². The van der Waals surface area contributed by atoms with Crippen LogP contribution in [0.1, 0.15) is 24.0 Å². The zero-order valence-corrected chi connectivity index (χ0v) is 12.0. The molecule has 2 rings (SSSR count). The molecule has 0 spiro atoms. The lowest BCUT2D eigenvalue weighted by atomic mass is 10.1. The van der Waals surface area contributed by atoms with Crippen LogP contribution in [0.2, 0.25) is 0 Å². The molecule has 1 aromatic carbocycles. The Morgan fingerprint density at radius 1 is 1.21 bits per heavy atom. The highest BCUT2D eigenvalue weighted by Gasteiger charge is 2.20. The van der Waals surface area contributed by atoms with Gasteiger partial charge in [0, 0.05) is 19.7 Å². The predicted octanol–water partition coefficient (Wildman–Crippen LogP) is 2.05. The molecular weight excluding hydrogens is 236 g/mol. The fraction of sp³-hybridized carbons (Fsp3) is 0.625. The maximum atomic E-state index is 5.66. The maximum Gasteiger partial charge on any atom is 0.0593 e. The number of nitrogens with zero attached hydrogens (tertiary/aromatic N) is 1. The van der Waals surface area contributed by atoms with Gasteiger partial charge in [-0.1, -0.05) is 24.3 Å². The van der Waals surface area contributed by atoms with Gasteiger partial charge in [-0.05, 0) is 49.9 Å². The van der Waals surface area contributed by atoms with Gasteiger partial charge in [0.05, 0.1) is 6.61 Å². The van der Waals surface area contributed by atoms with Crippen LogP contribution < -0.4 is 5.73 Å². The largest absolute Gasteiger partial charge is 0.380 e. The van der Waals surface area contributed by atoms with Crippen molar-refractivity contribution >= 4 is 0 Å². The van der Waals surface area contributed by atoms with Crippen LogP contribution >= 0.6 is 0 Å². The summed E-state index contributed by atoms with van der Waals surface area (Å²) in [7, 11) is 2.15. The molecule has 19 heavy (non-hydrogen) atoms. The second-order valence-electron chi connectivity index (χ2n) is 5.61. The minimum Gasteiger partial charge on any atom is -0.380 e. The van der Waals surface area contributed by atoms with Gasteiger partial charge >= 0.3 is 0 Å². The zero-order chi connectivity index (χ0) is 13.5. The third kappa shape index (κ3) is 5.72. The van der Waals surface area contributed by atoms with E-state index in [1.165, 1.54) is 24.0 Å². The van der Waals surface area contributed by atoms with Crippen molar-refractivity contribution in [3.63, 3.8) is 0 Å². The van der Waals surface area contributed by atoms with E-state index in [0.717, 1.165) is 45.2 Å². The fourth-order valence-corrected chi connectivity index (χ4v) is 2.12. The first-order valence-corrected chi connectivity index (χ1v) is 7.32. The molecule has 1 aromatic rings. The van der Waals surface area contributed by atoms with Gasteiger partial charge < -0.3 is 10.5 Å². The molecule has 1 aliphatic rings. The SMILES string of the molecule is CN(CCOCC1CC1)Cc1ccc(CCN)cc1. The van der Waals surface area contributed by atoms with Gasteiger partial charge in [0.1, 0.15) is 0 Å². The molecule has 3 nitrogen and oxygen atoms in total. The molecule has 1 aliphatic carbocycles. The Bertz CT molecular complexity index is 360. The van der Waals surface area contributed by atoms with Gasteiger partial charge in [0.2, 0.25) is 0 Å². The van der Waals surface area contributed by atoms with Crippen molar-refractivity contribution in [1.29, 1.82) is 0 Å². The molecule has 1 saturated carbocycles. The van der Waals surface area contributed by atoms with Crippen molar-refractivity contribution in [3.8, 4) is 0 Å². The van der Waals surface area contributed by atoms with Crippen LogP contribution in [0.15, 0.2) is 24.3 Å². The summed E-state index contributed by atoms with van der Waals surface area (Å²) >= 11 is 0. The molecule has 0 radical (unpaired) electrons. The van der Waals surface area contributed by atoms with Crippen LogP contribution in [0.4, 0.5) is 0 Å². The summed E-state index contributed by atoms with van der Waals surface area (Å²) in [5.74, 6) is 0.861. The summed E-state index contributed by atoms with van der Waals surface area (Å²) in [6.45, 7) is 4.50. The molecule has 0 bridgehead atoms. The molecule has 0 amide bonds. The topological polar surface area (TPSA) is 38.5 Å². The van der Waals surface area contributed by atoms with E-state index in [-0.39, 0.29) is 0 Å². The second-order valence-corrected chi connectivity index (χ2v) is 5.61. The van der Waals surface area contributed by atoms with E-state index in [1.54, 1.807) is 0 Å². The van der Waals surface area contributed by atoms with E-state index in [9.17, 15) is 0 Å². The van der Waals surface area contributed by atoms with Crippen molar-refractivity contribution in [2.45, 2.75) is 25.8 Å². The van der Waals surface area contributed by atoms with E-state index >= 15 is 0 Å². The fourth-order valence-electron chi connectivity index (χ4n) is 2.12. The van der Waals surface area contributed by atoms with E-state index in [1.807, 2.05) is 0 Å². The number of hydrogen-bond donors (Lipinski definition) is 1. The Hall–Kier alpha value is -0.900. The third-order valence-electron chi connectivity index (χ3n) is 3.58. The van der Waals surface area contributed by atoms with Crippen LogP contribution in [-0.4, -0.2) is 38.3 Å². The van der Waals surface area contributed by atoms with Crippen molar-refractivity contribution in [1.82, 2.24) is 4.90 Å². The Labute approximate surface area is 116 Å². The van der Waals surface area contributed by atoms with E-state index in [0.29, 0.717) is 0 Å². The van der Waals surface area contributed by atoms with Crippen molar-refractivity contribution in [2.24, 2.45) is 11.7 Å². The molecule has 0 saturated heterocycles. The number of hydrogen-bond acceptors (Lipinski definition) is 3. The van der Waals surface area contributed by atoms with E-state index < -0.39 is 0 Å². The number of ether oxygens (including phenoxy) is 1. The summed E-state index contributed by atoms with van der Waals surface area (Å²) < 4.78 is 5.66. The van der Waals surface area contributed by atoms with E-state index in [2.05, 4.69) is 36.2 Å². The summed E-state index contributed by atoms with van der Waals surface area (Å²) in [6.07, 6.45) is 3.70. The molecule has 106 valence electrons. The highest BCUT2D eigenvalue weighted by atomic mass is 16.5. The van der Waals surface area contributed by atoms with E-state index in [4.69, 9.17) is 10.5 Å².